The molecule has 2 heterocycles. The van der Waals surface area contributed by atoms with Gasteiger partial charge < -0.3 is 15.0 Å². The van der Waals surface area contributed by atoms with E-state index in [0.29, 0.717) is 24.6 Å². The number of carbonyl (C=O) groups is 2. The van der Waals surface area contributed by atoms with Crippen molar-refractivity contribution >= 4 is 29.3 Å². The Morgan fingerprint density at radius 1 is 1.24 bits per heavy atom. The molecular weight excluding hydrogens is 434 g/mol. The Morgan fingerprint density at radius 2 is 2.06 bits per heavy atom. The van der Waals surface area contributed by atoms with Crippen LogP contribution < -0.4 is 5.32 Å². The first-order valence-corrected chi connectivity index (χ1v) is 12.3. The number of benzene rings is 1. The topological polar surface area (TPSA) is 84.1 Å². The molecule has 6 nitrogen and oxygen atoms in total. The Bertz CT molecular complexity index is 1130. The maximum atomic E-state index is 13.3. The van der Waals surface area contributed by atoms with Crippen LogP contribution in [0, 0.1) is 5.92 Å². The van der Waals surface area contributed by atoms with Crippen molar-refractivity contribution in [2.45, 2.75) is 26.2 Å². The molecule has 7 heteroatoms. The van der Waals surface area contributed by atoms with Crippen LogP contribution in [0.5, 0.6) is 0 Å². The molecule has 1 atom stereocenters. The van der Waals surface area contributed by atoms with Gasteiger partial charge in [0, 0.05) is 55.6 Å². The second-order valence-corrected chi connectivity index (χ2v) is 9.52. The van der Waals surface area contributed by atoms with E-state index in [0.717, 1.165) is 58.2 Å². The van der Waals surface area contributed by atoms with Crippen LogP contribution >= 0.6 is 11.8 Å². The number of hydrogen-bond acceptors (Lipinski definition) is 5. The Hall–Kier alpha value is -2.90. The third-order valence-electron chi connectivity index (χ3n) is 5.79. The minimum absolute atomic E-state index is 0.168. The number of H-pyrrole nitrogens is 1. The van der Waals surface area contributed by atoms with Crippen molar-refractivity contribution in [3.63, 3.8) is 0 Å². The number of aromatic nitrogens is 2. The molecule has 2 N–H and O–H groups in total. The molecule has 1 aromatic carbocycles. The van der Waals surface area contributed by atoms with Crippen LogP contribution in [0.25, 0.3) is 11.3 Å². The summed E-state index contributed by atoms with van der Waals surface area (Å²) in [5, 5.41) is 2.75. The predicted octanol–water partition coefficient (Wildman–Crippen LogP) is 4.75. The van der Waals surface area contributed by atoms with Gasteiger partial charge in [-0.25, -0.2) is 4.98 Å². The monoisotopic (exact) mass is 463 g/mol. The summed E-state index contributed by atoms with van der Waals surface area (Å²) in [7, 11) is 1.71. The molecule has 0 bridgehead atoms. The Balaban J connectivity index is 1.69. The second-order valence-electron chi connectivity index (χ2n) is 8.37. The number of hydrogen-bond donors (Lipinski definition) is 2. The number of nitrogens with zero attached hydrogens (tertiary/aromatic N) is 1. The third-order valence-corrected chi connectivity index (χ3v) is 6.95. The van der Waals surface area contributed by atoms with Gasteiger partial charge in [-0.3, -0.25) is 9.59 Å². The molecule has 0 spiro atoms. The van der Waals surface area contributed by atoms with E-state index >= 15 is 0 Å². The zero-order chi connectivity index (χ0) is 23.2. The fourth-order valence-corrected chi connectivity index (χ4v) is 5.40. The molecule has 4 rings (SSSR count). The number of nitrogens with one attached hydrogen (secondary N) is 2. The summed E-state index contributed by atoms with van der Waals surface area (Å²) >= 11 is 1.84. The van der Waals surface area contributed by atoms with Crippen molar-refractivity contribution in [2.24, 2.45) is 5.92 Å². The van der Waals surface area contributed by atoms with Gasteiger partial charge in [-0.05, 0) is 41.4 Å². The Kier molecular flexibility index (Phi) is 7.62. The van der Waals surface area contributed by atoms with Crippen LogP contribution in [-0.4, -0.2) is 46.9 Å². The smallest absolute Gasteiger partial charge is 0.222 e. The number of thioether (sulfide) groups is 1. The van der Waals surface area contributed by atoms with Gasteiger partial charge in [-0.15, -0.1) is 0 Å². The van der Waals surface area contributed by atoms with Gasteiger partial charge >= 0.3 is 0 Å². The highest BCUT2D eigenvalue weighted by molar-refractivity contribution is 7.99. The van der Waals surface area contributed by atoms with Crippen molar-refractivity contribution in [1.29, 1.82) is 0 Å². The molecule has 0 saturated carbocycles. The maximum Gasteiger partial charge on any atom is 0.222 e. The summed E-state index contributed by atoms with van der Waals surface area (Å²) in [6.07, 6.45) is 3.77. The fourth-order valence-electron chi connectivity index (χ4n) is 4.38. The van der Waals surface area contributed by atoms with Crippen LogP contribution in [0.3, 0.4) is 0 Å². The Labute approximate surface area is 198 Å². The number of amides is 1. The number of carbonyl (C=O) groups excluding carboxylic acids is 2. The van der Waals surface area contributed by atoms with Crippen molar-refractivity contribution in [3.8, 4) is 11.3 Å². The summed E-state index contributed by atoms with van der Waals surface area (Å²) in [4.78, 5) is 32.7. The Morgan fingerprint density at radius 3 is 2.82 bits per heavy atom. The zero-order valence-corrected chi connectivity index (χ0v) is 19.8. The molecule has 172 valence electrons. The standard InChI is InChI=1S/C26H29N3O3S/c1-17(30)28-24-15-20(8-9-27-24)26-21(12-18-6-4-3-5-7-18)25-22(29-26)13-19(14-23(25)31)16-33-11-10-32-2/h3-9,15,19,29H,10-14,16H2,1-2H3,(H,27,28,30). The number of anilines is 1. The number of pyridine rings is 1. The van der Waals surface area contributed by atoms with Crippen molar-refractivity contribution in [2.75, 3.05) is 30.5 Å². The molecule has 0 aliphatic heterocycles. The van der Waals surface area contributed by atoms with E-state index < -0.39 is 0 Å². The average Bonchev–Trinajstić information content (AvgIpc) is 3.16. The van der Waals surface area contributed by atoms with E-state index in [4.69, 9.17) is 4.74 Å². The molecule has 1 unspecified atom stereocenters. The SMILES string of the molecule is COCCSCC1CC(=O)c2c([nH]c(-c3ccnc(NC(C)=O)c3)c2Cc2ccccc2)C1. The molecule has 0 saturated heterocycles. The van der Waals surface area contributed by atoms with E-state index in [2.05, 4.69) is 27.4 Å². The summed E-state index contributed by atoms with van der Waals surface area (Å²) in [5.74, 6) is 2.73. The van der Waals surface area contributed by atoms with Gasteiger partial charge in [-0.2, -0.15) is 11.8 Å². The number of aromatic amines is 1. The minimum Gasteiger partial charge on any atom is -0.384 e. The van der Waals surface area contributed by atoms with Crippen LogP contribution in [-0.2, 0) is 22.4 Å². The van der Waals surface area contributed by atoms with Crippen LogP contribution in [0.1, 0.15) is 40.5 Å². The lowest BCUT2D eigenvalue weighted by Gasteiger charge is -2.21. The number of rotatable bonds is 9. The largest absolute Gasteiger partial charge is 0.384 e. The van der Waals surface area contributed by atoms with E-state index in [9.17, 15) is 9.59 Å². The molecule has 1 aliphatic carbocycles. The number of ketones is 1. The first-order chi connectivity index (χ1) is 16.0. The zero-order valence-electron chi connectivity index (χ0n) is 19.0. The first kappa shape index (κ1) is 23.3. The second kappa shape index (κ2) is 10.8. The van der Waals surface area contributed by atoms with Crippen molar-refractivity contribution in [3.05, 3.63) is 71.0 Å². The molecular formula is C26H29N3O3S. The summed E-state index contributed by atoms with van der Waals surface area (Å²) in [6.45, 7) is 2.19. The van der Waals surface area contributed by atoms with Gasteiger partial charge in [-0.1, -0.05) is 30.3 Å². The predicted molar refractivity (Wildman–Crippen MR) is 133 cm³/mol. The number of methoxy groups -OCH3 is 1. The maximum absolute atomic E-state index is 13.3. The fraction of sp³-hybridized carbons (Fsp3) is 0.346. The molecule has 0 radical (unpaired) electrons. The number of fused-ring (bicyclic) bond motifs is 1. The summed E-state index contributed by atoms with van der Waals surface area (Å²) in [6, 6.07) is 14.0. The van der Waals surface area contributed by atoms with Gasteiger partial charge in [0.25, 0.3) is 0 Å². The first-order valence-electron chi connectivity index (χ1n) is 11.2. The lowest BCUT2D eigenvalue weighted by atomic mass is 9.84. The van der Waals surface area contributed by atoms with Crippen LogP contribution in [0.2, 0.25) is 0 Å². The van der Waals surface area contributed by atoms with Gasteiger partial charge in [0.1, 0.15) is 5.82 Å². The quantitative estimate of drug-likeness (QED) is 0.448. The molecule has 2 aromatic heterocycles. The normalized spacial score (nSPS) is 15.3. The highest BCUT2D eigenvalue weighted by Crippen LogP contribution is 2.37. The molecule has 1 aliphatic rings. The lowest BCUT2D eigenvalue weighted by Crippen LogP contribution is -2.22. The van der Waals surface area contributed by atoms with Crippen molar-refractivity contribution in [1.82, 2.24) is 9.97 Å². The highest BCUT2D eigenvalue weighted by Gasteiger charge is 2.31. The van der Waals surface area contributed by atoms with E-state index in [1.807, 2.05) is 42.1 Å². The molecule has 3 aromatic rings. The van der Waals surface area contributed by atoms with E-state index in [1.54, 1.807) is 13.3 Å². The molecule has 33 heavy (non-hydrogen) atoms. The molecule has 1 amide bonds. The van der Waals surface area contributed by atoms with E-state index in [1.165, 1.54) is 6.92 Å². The van der Waals surface area contributed by atoms with Gasteiger partial charge in [0.05, 0.1) is 12.3 Å². The van der Waals surface area contributed by atoms with Crippen LogP contribution in [0.4, 0.5) is 5.82 Å². The third kappa shape index (κ3) is 5.72. The molecule has 0 fully saturated rings. The number of ether oxygens (including phenoxy) is 1. The summed E-state index contributed by atoms with van der Waals surface area (Å²) < 4.78 is 5.14. The van der Waals surface area contributed by atoms with E-state index in [-0.39, 0.29) is 11.7 Å². The van der Waals surface area contributed by atoms with Crippen molar-refractivity contribution < 1.29 is 14.3 Å². The van der Waals surface area contributed by atoms with Crippen LogP contribution in [0.15, 0.2) is 48.7 Å². The number of Topliss-reactive ketones (excluding diaryl/α,β-unsaturated/α-hetero) is 1. The average molecular weight is 464 g/mol. The van der Waals surface area contributed by atoms with Gasteiger partial charge in [0.15, 0.2) is 5.78 Å². The highest BCUT2D eigenvalue weighted by atomic mass is 32.2. The lowest BCUT2D eigenvalue weighted by molar-refractivity contribution is -0.114. The minimum atomic E-state index is -0.168. The van der Waals surface area contributed by atoms with Gasteiger partial charge in [0.2, 0.25) is 5.91 Å². The summed E-state index contributed by atoms with van der Waals surface area (Å²) in [5.41, 5.74) is 5.87.